The lowest BCUT2D eigenvalue weighted by Gasteiger charge is -2.41. The molecule has 38 heavy (non-hydrogen) atoms. The van der Waals surface area contributed by atoms with Crippen molar-refractivity contribution in [3.05, 3.63) is 0 Å². The predicted octanol–water partition coefficient (Wildman–Crippen LogP) is -4.19. The first-order valence-electron chi connectivity index (χ1n) is 12.4. The van der Waals surface area contributed by atoms with E-state index in [1.807, 2.05) is 0 Å². The first-order valence-corrected chi connectivity index (χ1v) is 12.4. The Balaban J connectivity index is 0.000000285. The lowest BCUT2D eigenvalue weighted by Crippen LogP contribution is -2.63. The maximum Gasteiger partial charge on any atom is 0.185 e. The minimum absolute atomic E-state index is 0.140. The molecule has 3 saturated heterocycles. The molecule has 3 heterocycles. The van der Waals surface area contributed by atoms with Crippen LogP contribution in [0.3, 0.4) is 0 Å². The van der Waals surface area contributed by atoms with Crippen molar-refractivity contribution in [2.24, 2.45) is 23.3 Å². The number of nitrogens with two attached hydrogens (primary N) is 2. The highest BCUT2D eigenvalue weighted by Gasteiger charge is 2.44. The normalized spacial score (nSPS) is 47.3. The first-order chi connectivity index (χ1) is 17.7. The highest BCUT2D eigenvalue weighted by Crippen LogP contribution is 2.29. The summed E-state index contributed by atoms with van der Waals surface area (Å²) in [5.41, 5.74) is 9.91. The van der Waals surface area contributed by atoms with E-state index in [1.54, 1.807) is 20.8 Å². The molecule has 0 aromatic carbocycles. The van der Waals surface area contributed by atoms with Crippen molar-refractivity contribution in [3.8, 4) is 0 Å². The highest BCUT2D eigenvalue weighted by molar-refractivity contribution is 4.92. The summed E-state index contributed by atoms with van der Waals surface area (Å²) in [6, 6.07) is -0.785. The molecule has 3 aliphatic heterocycles. The number of aliphatic hydroxyl groups excluding tert-OH is 6. The number of aliphatic hydroxyl groups is 7. The maximum absolute atomic E-state index is 9.69. The van der Waals surface area contributed by atoms with Crippen LogP contribution in [-0.2, 0) is 28.4 Å². The Morgan fingerprint density at radius 2 is 1.29 bits per heavy atom. The molecule has 0 saturated carbocycles. The van der Waals surface area contributed by atoms with Crippen LogP contribution in [0.1, 0.15) is 20.8 Å². The molecule has 3 fully saturated rings. The van der Waals surface area contributed by atoms with E-state index in [2.05, 4.69) is 0 Å². The Kier molecular flexibility index (Phi) is 14.9. The van der Waals surface area contributed by atoms with E-state index in [9.17, 15) is 30.6 Å². The number of rotatable bonds is 5. The number of hydrogen-bond donors (Lipinski definition) is 9. The molecule has 8 unspecified atom stereocenters. The standard InChI is InChI=1S/C8H16O5.C8H16O4.C7H16N2O4/c1-4-6(10)5(3-9)13-8(12-2)7(4)11;1-5-6(9)7(11-3)12-4-8(5,2)10;1-12-7-6(11)4(9)5(10)3(2-8)13-7/h4-11H,3H2,1-2H3;5-7,9-10H,4H2,1-3H3;3-7,10-11H,2,8-9H2,1H3/t4-,5?,6?,7-,8?;5-,6+,7?,8?;3?,4-,5?,6-,7?/m101/s1. The second-order valence-electron chi connectivity index (χ2n) is 9.93. The lowest BCUT2D eigenvalue weighted by molar-refractivity contribution is -0.280. The summed E-state index contributed by atoms with van der Waals surface area (Å²) in [7, 11) is 4.28. The number of ether oxygens (including phenoxy) is 6. The van der Waals surface area contributed by atoms with Gasteiger partial charge in [0, 0.05) is 39.7 Å². The van der Waals surface area contributed by atoms with Crippen LogP contribution in [0.25, 0.3) is 0 Å². The van der Waals surface area contributed by atoms with Gasteiger partial charge in [0.25, 0.3) is 0 Å². The molecule has 14 atom stereocenters. The van der Waals surface area contributed by atoms with E-state index in [-0.39, 0.29) is 31.6 Å². The summed E-state index contributed by atoms with van der Waals surface area (Å²) in [4.78, 5) is 0. The molecule has 0 radical (unpaired) electrons. The molecular formula is C23H48N2O13. The SMILES string of the molecule is COC1OC(CN)C(O)[C@@H](N)[C@H]1O.COC1OC(CO)C(O)[C@@H](C)[C@H]1O.COC1OCC(C)(O)[C@@H](C)[C@H]1O. The van der Waals surface area contributed by atoms with Crippen LogP contribution >= 0.6 is 0 Å². The van der Waals surface area contributed by atoms with E-state index in [1.165, 1.54) is 21.3 Å². The molecule has 3 rings (SSSR count). The second kappa shape index (κ2) is 16.0. The van der Waals surface area contributed by atoms with E-state index in [0.29, 0.717) is 0 Å². The molecule has 228 valence electrons. The van der Waals surface area contributed by atoms with Gasteiger partial charge >= 0.3 is 0 Å². The van der Waals surface area contributed by atoms with Crippen molar-refractivity contribution in [2.45, 2.75) is 94.0 Å². The average molecular weight is 561 g/mol. The highest BCUT2D eigenvalue weighted by atomic mass is 16.7. The summed E-state index contributed by atoms with van der Waals surface area (Å²) in [6.07, 6.45) is -7.91. The van der Waals surface area contributed by atoms with Gasteiger partial charge in [0.2, 0.25) is 0 Å². The van der Waals surface area contributed by atoms with Crippen molar-refractivity contribution in [3.63, 3.8) is 0 Å². The van der Waals surface area contributed by atoms with Crippen molar-refractivity contribution >= 4 is 0 Å². The van der Waals surface area contributed by atoms with Gasteiger partial charge < -0.3 is 75.6 Å². The summed E-state index contributed by atoms with van der Waals surface area (Å²) in [6.45, 7) is 5.17. The van der Waals surface area contributed by atoms with Gasteiger partial charge in [-0.25, -0.2) is 0 Å². The quantitative estimate of drug-likeness (QED) is 0.155. The van der Waals surface area contributed by atoms with Crippen molar-refractivity contribution in [2.75, 3.05) is 41.1 Å². The van der Waals surface area contributed by atoms with Crippen LogP contribution in [0.5, 0.6) is 0 Å². The fourth-order valence-electron chi connectivity index (χ4n) is 4.11. The number of methoxy groups -OCH3 is 3. The summed E-state index contributed by atoms with van der Waals surface area (Å²) in [5.74, 6) is -0.605. The van der Waals surface area contributed by atoms with Crippen molar-refractivity contribution in [1.82, 2.24) is 0 Å². The molecule has 11 N–H and O–H groups in total. The van der Waals surface area contributed by atoms with Crippen LogP contribution in [0.15, 0.2) is 0 Å². The van der Waals surface area contributed by atoms with Crippen LogP contribution in [-0.4, -0.2) is 150 Å². The van der Waals surface area contributed by atoms with Gasteiger partial charge in [0.15, 0.2) is 18.9 Å². The Bertz CT molecular complexity index is 587. The van der Waals surface area contributed by atoms with E-state index in [4.69, 9.17) is 45.0 Å². The number of hydrogen-bond acceptors (Lipinski definition) is 15. The smallest absolute Gasteiger partial charge is 0.185 e. The molecule has 0 amide bonds. The second-order valence-corrected chi connectivity index (χ2v) is 9.93. The van der Waals surface area contributed by atoms with Gasteiger partial charge in [-0.2, -0.15) is 0 Å². The van der Waals surface area contributed by atoms with E-state index >= 15 is 0 Å². The molecular weight excluding hydrogens is 512 g/mol. The first kappa shape index (κ1) is 35.4. The van der Waals surface area contributed by atoms with E-state index in [0.717, 1.165) is 0 Å². The maximum atomic E-state index is 9.69. The third-order valence-corrected chi connectivity index (χ3v) is 7.22. The Labute approximate surface area is 223 Å². The minimum Gasteiger partial charge on any atom is -0.394 e. The average Bonchev–Trinajstić information content (AvgIpc) is 2.90. The van der Waals surface area contributed by atoms with Gasteiger partial charge in [0.05, 0.1) is 37.1 Å². The third-order valence-electron chi connectivity index (χ3n) is 7.22. The van der Waals surface area contributed by atoms with Crippen LogP contribution in [0.2, 0.25) is 0 Å². The van der Waals surface area contributed by atoms with E-state index < -0.39 is 73.2 Å². The Morgan fingerprint density at radius 3 is 1.76 bits per heavy atom. The Morgan fingerprint density at radius 1 is 0.789 bits per heavy atom. The molecule has 15 heteroatoms. The van der Waals surface area contributed by atoms with Gasteiger partial charge in [-0.05, 0) is 6.92 Å². The fraction of sp³-hybridized carbons (Fsp3) is 1.00. The van der Waals surface area contributed by atoms with Gasteiger partial charge in [-0.1, -0.05) is 13.8 Å². The molecule has 3 aliphatic rings. The summed E-state index contributed by atoms with van der Waals surface area (Å²) < 4.78 is 29.9. The third kappa shape index (κ3) is 8.70. The van der Waals surface area contributed by atoms with Crippen molar-refractivity contribution < 1.29 is 64.2 Å². The molecule has 0 bridgehead atoms. The van der Waals surface area contributed by atoms with Gasteiger partial charge in [-0.3, -0.25) is 0 Å². The summed E-state index contributed by atoms with van der Waals surface area (Å²) in [5, 5.41) is 66.1. The Hall–Kier alpha value is -0.600. The molecule has 0 spiro atoms. The largest absolute Gasteiger partial charge is 0.394 e. The monoisotopic (exact) mass is 560 g/mol. The predicted molar refractivity (Wildman–Crippen MR) is 131 cm³/mol. The zero-order valence-corrected chi connectivity index (χ0v) is 22.9. The van der Waals surface area contributed by atoms with Gasteiger partial charge in [0.1, 0.15) is 30.5 Å². The summed E-state index contributed by atoms with van der Waals surface area (Å²) >= 11 is 0. The topological polar surface area (TPSA) is 249 Å². The molecule has 0 aromatic heterocycles. The van der Waals surface area contributed by atoms with Crippen LogP contribution < -0.4 is 11.5 Å². The zero-order valence-electron chi connectivity index (χ0n) is 22.9. The zero-order chi connectivity index (χ0) is 29.4. The van der Waals surface area contributed by atoms with Crippen LogP contribution in [0.4, 0.5) is 0 Å². The lowest BCUT2D eigenvalue weighted by atomic mass is 9.84. The van der Waals surface area contributed by atoms with Gasteiger partial charge in [-0.15, -0.1) is 0 Å². The molecule has 15 nitrogen and oxygen atoms in total. The van der Waals surface area contributed by atoms with Crippen LogP contribution in [0, 0.1) is 11.8 Å². The fourth-order valence-corrected chi connectivity index (χ4v) is 4.11. The molecule has 0 aromatic rings. The molecule has 0 aliphatic carbocycles. The van der Waals surface area contributed by atoms with Crippen molar-refractivity contribution in [1.29, 1.82) is 0 Å². The minimum atomic E-state index is -1.03.